The number of nitriles is 1. The zero-order chi connectivity index (χ0) is 20.9. The van der Waals surface area contributed by atoms with Crippen LogP contribution in [0.3, 0.4) is 0 Å². The lowest BCUT2D eigenvalue weighted by atomic mass is 10.1. The summed E-state index contributed by atoms with van der Waals surface area (Å²) in [5.41, 5.74) is 2.69. The standard InChI is InChI=1S/C22H22Cl2N6/c23-16-5-6-17(19(24)10-16)21-29-13-18(15-3-4-15)22(30-21)27-9-1-8-26-20-7-2-14(11-25)12-28-20/h2,5-7,10,12-13,15,21,27,30H,1,3-4,8-9H2,(H,26,28). The Bertz CT molecular complexity index is 1010. The van der Waals surface area contributed by atoms with Gasteiger partial charge < -0.3 is 16.0 Å². The van der Waals surface area contributed by atoms with Crippen molar-refractivity contribution in [1.82, 2.24) is 15.6 Å². The number of hydrogen-bond donors (Lipinski definition) is 3. The number of allylic oxidation sites excluding steroid dienone is 1. The fourth-order valence-electron chi connectivity index (χ4n) is 3.30. The second-order valence-electron chi connectivity index (χ2n) is 7.35. The maximum atomic E-state index is 8.83. The highest BCUT2D eigenvalue weighted by atomic mass is 35.5. The Morgan fingerprint density at radius 1 is 1.13 bits per heavy atom. The zero-order valence-corrected chi connectivity index (χ0v) is 17.8. The summed E-state index contributed by atoms with van der Waals surface area (Å²) in [6, 6.07) is 11.1. The van der Waals surface area contributed by atoms with Crippen LogP contribution in [-0.2, 0) is 0 Å². The molecule has 0 spiro atoms. The Kier molecular flexibility index (Phi) is 6.41. The number of hydrogen-bond acceptors (Lipinski definition) is 6. The lowest BCUT2D eigenvalue weighted by Crippen LogP contribution is -2.35. The molecule has 1 aliphatic carbocycles. The Hall–Kier alpha value is -2.75. The summed E-state index contributed by atoms with van der Waals surface area (Å²) in [7, 11) is 0. The van der Waals surface area contributed by atoms with Crippen LogP contribution in [0, 0.1) is 17.2 Å². The molecule has 1 saturated carbocycles. The molecule has 6 nitrogen and oxygen atoms in total. The average molecular weight is 441 g/mol. The van der Waals surface area contributed by atoms with Gasteiger partial charge in [0.1, 0.15) is 23.9 Å². The van der Waals surface area contributed by atoms with Crippen molar-refractivity contribution in [2.75, 3.05) is 18.4 Å². The van der Waals surface area contributed by atoms with Crippen molar-refractivity contribution in [3.63, 3.8) is 0 Å². The molecule has 2 heterocycles. The topological polar surface area (TPSA) is 85.1 Å². The SMILES string of the molecule is N#Cc1ccc(NCCCNC2=C(C3CC3)C=NC(c3ccc(Cl)cc3Cl)N2)nc1. The molecule has 0 bridgehead atoms. The Morgan fingerprint density at radius 3 is 2.67 bits per heavy atom. The molecule has 3 N–H and O–H groups in total. The first-order valence-corrected chi connectivity index (χ1v) is 10.7. The van der Waals surface area contributed by atoms with Gasteiger partial charge in [0.2, 0.25) is 0 Å². The second-order valence-corrected chi connectivity index (χ2v) is 8.19. The van der Waals surface area contributed by atoms with Gasteiger partial charge in [-0.2, -0.15) is 5.26 Å². The molecule has 0 saturated heterocycles. The molecule has 1 unspecified atom stereocenters. The van der Waals surface area contributed by atoms with Crippen molar-refractivity contribution < 1.29 is 0 Å². The van der Waals surface area contributed by atoms with Gasteiger partial charge in [-0.15, -0.1) is 0 Å². The quantitative estimate of drug-likeness (QED) is 0.520. The van der Waals surface area contributed by atoms with E-state index < -0.39 is 0 Å². The fourth-order valence-corrected chi connectivity index (χ4v) is 3.81. The number of nitrogens with one attached hydrogen (secondary N) is 3. The monoisotopic (exact) mass is 440 g/mol. The van der Waals surface area contributed by atoms with Crippen molar-refractivity contribution in [2.45, 2.75) is 25.4 Å². The van der Waals surface area contributed by atoms with Crippen molar-refractivity contribution in [3.8, 4) is 6.07 Å². The van der Waals surface area contributed by atoms with Gasteiger partial charge in [0.25, 0.3) is 0 Å². The summed E-state index contributed by atoms with van der Waals surface area (Å²) in [5.74, 6) is 2.37. The van der Waals surface area contributed by atoms with Crippen molar-refractivity contribution in [3.05, 3.63) is 69.1 Å². The van der Waals surface area contributed by atoms with E-state index in [0.717, 1.165) is 36.7 Å². The number of rotatable bonds is 8. The largest absolute Gasteiger partial charge is 0.372 e. The number of benzene rings is 1. The Balaban J connectivity index is 1.32. The van der Waals surface area contributed by atoms with Crippen LogP contribution in [0.15, 0.2) is 52.9 Å². The van der Waals surface area contributed by atoms with E-state index in [2.05, 4.69) is 32.0 Å². The Morgan fingerprint density at radius 2 is 1.97 bits per heavy atom. The molecule has 154 valence electrons. The summed E-state index contributed by atoms with van der Waals surface area (Å²) in [5, 5.41) is 20.4. The average Bonchev–Trinajstić information content (AvgIpc) is 3.59. The van der Waals surface area contributed by atoms with Crippen molar-refractivity contribution in [1.29, 1.82) is 5.26 Å². The minimum atomic E-state index is -0.235. The van der Waals surface area contributed by atoms with Crippen molar-refractivity contribution in [2.24, 2.45) is 10.9 Å². The third-order valence-electron chi connectivity index (χ3n) is 5.06. The molecular formula is C22H22Cl2N6. The van der Waals surface area contributed by atoms with E-state index in [1.54, 1.807) is 18.3 Å². The number of aromatic nitrogens is 1. The smallest absolute Gasteiger partial charge is 0.147 e. The molecule has 30 heavy (non-hydrogen) atoms. The molecule has 2 aromatic rings. The van der Waals surface area contributed by atoms with Gasteiger partial charge in [0, 0.05) is 46.7 Å². The van der Waals surface area contributed by atoms with E-state index in [1.165, 1.54) is 18.4 Å². The first kappa shape index (κ1) is 20.5. The molecular weight excluding hydrogens is 419 g/mol. The summed E-state index contributed by atoms with van der Waals surface area (Å²) in [6.07, 6.45) is 6.62. The van der Waals surface area contributed by atoms with Crippen LogP contribution in [0.1, 0.15) is 36.6 Å². The predicted molar refractivity (Wildman–Crippen MR) is 121 cm³/mol. The lowest BCUT2D eigenvalue weighted by Gasteiger charge is -2.26. The molecule has 1 aliphatic heterocycles. The van der Waals surface area contributed by atoms with E-state index in [0.29, 0.717) is 21.5 Å². The highest BCUT2D eigenvalue weighted by Crippen LogP contribution is 2.39. The van der Waals surface area contributed by atoms with Gasteiger partial charge in [-0.25, -0.2) is 4.98 Å². The predicted octanol–water partition coefficient (Wildman–Crippen LogP) is 4.65. The summed E-state index contributed by atoms with van der Waals surface area (Å²) in [4.78, 5) is 8.90. The van der Waals surface area contributed by atoms with E-state index in [9.17, 15) is 0 Å². The number of halogens is 2. The highest BCUT2D eigenvalue weighted by molar-refractivity contribution is 6.35. The molecule has 4 rings (SSSR count). The Labute approximate surface area is 186 Å². The van der Waals surface area contributed by atoms with Crippen LogP contribution < -0.4 is 16.0 Å². The highest BCUT2D eigenvalue weighted by Gasteiger charge is 2.31. The van der Waals surface area contributed by atoms with Gasteiger partial charge in [-0.3, -0.25) is 4.99 Å². The van der Waals surface area contributed by atoms with Gasteiger partial charge in [-0.05, 0) is 49.4 Å². The van der Waals surface area contributed by atoms with E-state index >= 15 is 0 Å². The second kappa shape index (κ2) is 9.38. The van der Waals surface area contributed by atoms with Crippen LogP contribution in [0.2, 0.25) is 10.0 Å². The number of aliphatic imine (C=N–C) groups is 1. The normalized spacial score (nSPS) is 18.0. The zero-order valence-electron chi connectivity index (χ0n) is 16.3. The lowest BCUT2D eigenvalue weighted by molar-refractivity contribution is 0.557. The van der Waals surface area contributed by atoms with E-state index in [-0.39, 0.29) is 6.17 Å². The molecule has 1 atom stereocenters. The summed E-state index contributed by atoms with van der Waals surface area (Å²) < 4.78 is 0. The summed E-state index contributed by atoms with van der Waals surface area (Å²) in [6.45, 7) is 1.58. The fraction of sp³-hybridized carbons (Fsp3) is 0.318. The van der Waals surface area contributed by atoms with Crippen LogP contribution in [0.5, 0.6) is 0 Å². The van der Waals surface area contributed by atoms with Gasteiger partial charge in [0.15, 0.2) is 0 Å². The molecule has 0 radical (unpaired) electrons. The summed E-state index contributed by atoms with van der Waals surface area (Å²) >= 11 is 12.4. The van der Waals surface area contributed by atoms with Gasteiger partial charge >= 0.3 is 0 Å². The van der Waals surface area contributed by atoms with E-state index in [1.807, 2.05) is 24.4 Å². The third kappa shape index (κ3) is 5.05. The minimum absolute atomic E-state index is 0.235. The van der Waals surface area contributed by atoms with Crippen LogP contribution >= 0.6 is 23.2 Å². The van der Waals surface area contributed by atoms with E-state index in [4.69, 9.17) is 28.5 Å². The number of anilines is 1. The molecule has 2 aliphatic rings. The molecule has 0 amide bonds. The molecule has 1 aromatic carbocycles. The molecule has 1 fully saturated rings. The van der Waals surface area contributed by atoms with Crippen LogP contribution in [0.4, 0.5) is 5.82 Å². The van der Waals surface area contributed by atoms with Crippen LogP contribution in [0.25, 0.3) is 0 Å². The van der Waals surface area contributed by atoms with Crippen LogP contribution in [-0.4, -0.2) is 24.3 Å². The molecule has 8 heteroatoms. The van der Waals surface area contributed by atoms with Gasteiger partial charge in [0.05, 0.1) is 5.56 Å². The minimum Gasteiger partial charge on any atom is -0.372 e. The maximum absolute atomic E-state index is 8.83. The molecule has 1 aromatic heterocycles. The number of nitrogens with zero attached hydrogens (tertiary/aromatic N) is 3. The van der Waals surface area contributed by atoms with Crippen molar-refractivity contribution >= 4 is 35.2 Å². The maximum Gasteiger partial charge on any atom is 0.147 e. The first-order valence-electron chi connectivity index (χ1n) is 9.97. The first-order chi connectivity index (χ1) is 14.6. The third-order valence-corrected chi connectivity index (χ3v) is 5.62. The number of pyridine rings is 1. The van der Waals surface area contributed by atoms with Gasteiger partial charge in [-0.1, -0.05) is 29.3 Å².